The second kappa shape index (κ2) is 13.2. The third-order valence-electron chi connectivity index (χ3n) is 6.84. The van der Waals surface area contributed by atoms with Crippen LogP contribution in [0.25, 0.3) is 10.8 Å². The van der Waals surface area contributed by atoms with Gasteiger partial charge in [-0.1, -0.05) is 37.8 Å². The normalized spacial score (nSPS) is 11.9. The molecule has 4 aromatic carbocycles. The molecule has 4 aromatic rings. The number of hydrogen-bond acceptors (Lipinski definition) is 1. The predicted molar refractivity (Wildman–Crippen MR) is 145 cm³/mol. The summed E-state index contributed by atoms with van der Waals surface area (Å²) in [6, 6.07) is 9.00. The van der Waals surface area contributed by atoms with Crippen molar-refractivity contribution in [1.29, 1.82) is 0 Å². The molecule has 1 nitrogen and oxygen atoms in total. The maximum absolute atomic E-state index is 15.0. The molecule has 0 heterocycles. The topological polar surface area (TPSA) is 9.23 Å². The number of rotatable bonds is 10. The number of alkyl halides is 5. The zero-order valence-electron chi connectivity index (χ0n) is 23.1. The Labute approximate surface area is 246 Å². The number of aryl methyl sites for hydroxylation is 3. The molecule has 0 radical (unpaired) electrons. The van der Waals surface area contributed by atoms with Gasteiger partial charge in [0.05, 0.1) is 5.56 Å². The summed E-state index contributed by atoms with van der Waals surface area (Å²) in [5.41, 5.74) is -1.79. The van der Waals surface area contributed by atoms with Gasteiger partial charge in [-0.05, 0) is 90.2 Å². The highest BCUT2D eigenvalue weighted by molar-refractivity contribution is 5.86. The fourth-order valence-corrected chi connectivity index (χ4v) is 4.67. The highest BCUT2D eigenvalue weighted by Crippen LogP contribution is 2.37. The Kier molecular flexibility index (Phi) is 9.81. The van der Waals surface area contributed by atoms with Crippen LogP contribution in [0.2, 0.25) is 0 Å². The first kappa shape index (κ1) is 32.7. The van der Waals surface area contributed by atoms with Gasteiger partial charge in [-0.15, -0.1) is 0 Å². The number of benzene rings is 4. The molecule has 232 valence electrons. The molecule has 0 atom stereocenters. The molecule has 0 spiro atoms. The summed E-state index contributed by atoms with van der Waals surface area (Å²) >= 11 is 0. The molecule has 0 N–H and O–H groups in total. The van der Waals surface area contributed by atoms with E-state index in [1.807, 2.05) is 0 Å². The first-order chi connectivity index (χ1) is 20.7. The van der Waals surface area contributed by atoms with E-state index in [4.69, 9.17) is 0 Å². The van der Waals surface area contributed by atoms with Gasteiger partial charge in [0.15, 0.2) is 0 Å². The van der Waals surface area contributed by atoms with Crippen LogP contribution in [-0.4, -0.2) is 6.18 Å². The predicted octanol–water partition coefficient (Wildman–Crippen LogP) is 10.1. The molecule has 0 aliphatic heterocycles. The molecule has 0 aromatic heterocycles. The van der Waals surface area contributed by atoms with Gasteiger partial charge < -0.3 is 4.74 Å². The van der Waals surface area contributed by atoms with Crippen LogP contribution in [0.3, 0.4) is 0 Å². The number of halogens is 10. The molecule has 0 unspecified atom stereocenters. The smallest absolute Gasteiger partial charge is 0.429 e. The Morgan fingerprint density at radius 1 is 0.682 bits per heavy atom. The Morgan fingerprint density at radius 3 is 2.00 bits per heavy atom. The largest absolute Gasteiger partial charge is 0.458 e. The lowest BCUT2D eigenvalue weighted by Crippen LogP contribution is -2.25. The van der Waals surface area contributed by atoms with E-state index in [1.165, 1.54) is 12.0 Å². The number of fused-ring (bicyclic) bond motifs is 1. The summed E-state index contributed by atoms with van der Waals surface area (Å²) in [4.78, 5) is 0. The summed E-state index contributed by atoms with van der Waals surface area (Å²) in [6.45, 7) is 2.05. The maximum Gasteiger partial charge on any atom is 0.458 e. The minimum absolute atomic E-state index is 0.00736. The highest BCUT2D eigenvalue weighted by Gasteiger charge is 2.41. The van der Waals surface area contributed by atoms with Crippen LogP contribution in [0, 0.1) is 40.9 Å². The second-order valence-corrected chi connectivity index (χ2v) is 10.1. The monoisotopic (exact) mass is 626 g/mol. The van der Waals surface area contributed by atoms with Crippen molar-refractivity contribution >= 4 is 10.8 Å². The Morgan fingerprint density at radius 2 is 1.36 bits per heavy atom. The van der Waals surface area contributed by atoms with Crippen LogP contribution in [0.1, 0.15) is 54.0 Å². The van der Waals surface area contributed by atoms with Gasteiger partial charge in [0.25, 0.3) is 0 Å². The number of unbranched alkanes of at least 4 members (excludes halogenated alkanes) is 2. The van der Waals surface area contributed by atoms with Crippen molar-refractivity contribution in [3.05, 3.63) is 112 Å². The van der Waals surface area contributed by atoms with Gasteiger partial charge in [0.2, 0.25) is 0 Å². The average molecular weight is 627 g/mol. The van der Waals surface area contributed by atoms with Gasteiger partial charge in [0, 0.05) is 11.3 Å². The lowest BCUT2D eigenvalue weighted by atomic mass is 9.99. The van der Waals surface area contributed by atoms with Crippen molar-refractivity contribution in [2.75, 3.05) is 0 Å². The standard InChI is InChI=1S/C33H24F10O/c1-2-3-4-5-19-6-8-21(26(34)14-19)9-7-20-15-28(36)30(29(37)16-20)33(42,43)44-23-10-11-24-22(17-23)18-27(35)25(31(24)38)12-13-32(39,40)41/h6,8,10-11,14-18H,2-5,7,9H2,1H3. The molecule has 4 rings (SSSR count). The second-order valence-electron chi connectivity index (χ2n) is 10.1. The number of ether oxygens (including phenoxy) is 1. The van der Waals surface area contributed by atoms with Crippen LogP contribution in [0.15, 0.2) is 54.6 Å². The van der Waals surface area contributed by atoms with E-state index in [2.05, 4.69) is 11.7 Å². The van der Waals surface area contributed by atoms with Crippen LogP contribution in [0.4, 0.5) is 43.9 Å². The van der Waals surface area contributed by atoms with E-state index in [-0.39, 0.29) is 23.8 Å². The molecule has 0 bridgehead atoms. The van der Waals surface area contributed by atoms with Crippen molar-refractivity contribution in [3.8, 4) is 17.6 Å². The van der Waals surface area contributed by atoms with E-state index in [1.54, 1.807) is 12.1 Å². The molecule has 0 saturated carbocycles. The zero-order valence-corrected chi connectivity index (χ0v) is 23.1. The zero-order chi connectivity index (χ0) is 32.2. The molecule has 0 fully saturated rings. The Hall–Kier alpha value is -4.20. The minimum atomic E-state index is -5.02. The van der Waals surface area contributed by atoms with Crippen molar-refractivity contribution < 1.29 is 48.6 Å². The van der Waals surface area contributed by atoms with Crippen LogP contribution < -0.4 is 4.74 Å². The summed E-state index contributed by atoms with van der Waals surface area (Å²) in [5, 5.41) is -0.846. The molecule has 11 heteroatoms. The summed E-state index contributed by atoms with van der Waals surface area (Å²) in [5.74, 6) is -5.35. The van der Waals surface area contributed by atoms with E-state index in [9.17, 15) is 43.9 Å². The fourth-order valence-electron chi connectivity index (χ4n) is 4.67. The van der Waals surface area contributed by atoms with Crippen LogP contribution in [-0.2, 0) is 25.4 Å². The number of hydrogen-bond donors (Lipinski definition) is 0. The van der Waals surface area contributed by atoms with E-state index in [0.717, 1.165) is 48.9 Å². The van der Waals surface area contributed by atoms with Gasteiger partial charge in [-0.3, -0.25) is 0 Å². The minimum Gasteiger partial charge on any atom is -0.429 e. The maximum atomic E-state index is 15.0. The average Bonchev–Trinajstić information content (AvgIpc) is 2.91. The highest BCUT2D eigenvalue weighted by atomic mass is 19.4. The third-order valence-corrected chi connectivity index (χ3v) is 6.84. The van der Waals surface area contributed by atoms with Gasteiger partial charge in [-0.25, -0.2) is 22.0 Å². The molecule has 0 amide bonds. The van der Waals surface area contributed by atoms with Crippen molar-refractivity contribution in [2.45, 2.75) is 57.7 Å². The first-order valence-electron chi connectivity index (χ1n) is 13.5. The van der Waals surface area contributed by atoms with Crippen molar-refractivity contribution in [3.63, 3.8) is 0 Å². The third kappa shape index (κ3) is 7.84. The molecule has 44 heavy (non-hydrogen) atoms. The Bertz CT molecular complexity index is 1710. The fraction of sp³-hybridized carbons (Fsp3) is 0.273. The van der Waals surface area contributed by atoms with Crippen molar-refractivity contribution in [1.82, 2.24) is 0 Å². The van der Waals surface area contributed by atoms with Gasteiger partial charge in [-0.2, -0.15) is 22.0 Å². The van der Waals surface area contributed by atoms with E-state index in [0.29, 0.717) is 30.2 Å². The first-order valence-corrected chi connectivity index (χ1v) is 13.5. The summed E-state index contributed by atoms with van der Waals surface area (Å²) < 4.78 is 145. The Balaban J connectivity index is 1.52. The molecule has 0 saturated heterocycles. The summed E-state index contributed by atoms with van der Waals surface area (Å²) in [7, 11) is 0. The van der Waals surface area contributed by atoms with Crippen molar-refractivity contribution in [2.24, 2.45) is 0 Å². The van der Waals surface area contributed by atoms with Gasteiger partial charge in [0.1, 0.15) is 40.4 Å². The molecular weight excluding hydrogens is 602 g/mol. The molecule has 0 aliphatic carbocycles. The lowest BCUT2D eigenvalue weighted by Gasteiger charge is -2.20. The summed E-state index contributed by atoms with van der Waals surface area (Å²) in [6.07, 6.45) is -5.94. The quantitative estimate of drug-likeness (QED) is 0.0967. The van der Waals surface area contributed by atoms with Crippen LogP contribution in [0.5, 0.6) is 5.75 Å². The van der Waals surface area contributed by atoms with Crippen LogP contribution >= 0.6 is 0 Å². The molecular formula is C33H24F10O. The van der Waals surface area contributed by atoms with E-state index >= 15 is 0 Å². The lowest BCUT2D eigenvalue weighted by molar-refractivity contribution is -0.189. The van der Waals surface area contributed by atoms with Gasteiger partial charge >= 0.3 is 12.3 Å². The SMILES string of the molecule is CCCCCc1ccc(CCc2cc(F)c(C(F)(F)Oc3ccc4c(F)c(C#CC(F)(F)F)c(F)cc4c3)c(F)c2)c(F)c1. The van der Waals surface area contributed by atoms with E-state index < -0.39 is 63.6 Å². The molecule has 0 aliphatic rings.